The van der Waals surface area contributed by atoms with Crippen molar-refractivity contribution < 1.29 is 5.11 Å². The molecule has 1 aliphatic rings. The van der Waals surface area contributed by atoms with Crippen molar-refractivity contribution in [2.45, 2.75) is 13.5 Å². The predicted molar refractivity (Wildman–Crippen MR) is 119 cm³/mol. The number of benzene rings is 2. The van der Waals surface area contributed by atoms with Crippen LogP contribution >= 0.6 is 24.0 Å². The van der Waals surface area contributed by atoms with E-state index in [1.165, 1.54) is 5.56 Å². The Balaban J connectivity index is 0.00000243. The summed E-state index contributed by atoms with van der Waals surface area (Å²) < 4.78 is 0. The fourth-order valence-corrected chi connectivity index (χ4v) is 3.07. The minimum absolute atomic E-state index is 0. The van der Waals surface area contributed by atoms with E-state index in [1.807, 2.05) is 36.4 Å². The predicted octanol–water partition coefficient (Wildman–Crippen LogP) is 3.30. The lowest BCUT2D eigenvalue weighted by Crippen LogP contribution is -2.52. The Kier molecular flexibility index (Phi) is 8.03. The van der Waals surface area contributed by atoms with Gasteiger partial charge in [0, 0.05) is 32.7 Å². The van der Waals surface area contributed by atoms with E-state index >= 15 is 0 Å². The van der Waals surface area contributed by atoms with Gasteiger partial charge in [-0.1, -0.05) is 42.5 Å². The summed E-state index contributed by atoms with van der Waals surface area (Å²) in [5.41, 5.74) is 2.12. The molecule has 0 spiro atoms. The molecule has 2 aromatic rings. The van der Waals surface area contributed by atoms with Crippen LogP contribution in [0.15, 0.2) is 59.6 Å². The van der Waals surface area contributed by atoms with E-state index in [-0.39, 0.29) is 24.0 Å². The van der Waals surface area contributed by atoms with Gasteiger partial charge in [-0.25, -0.2) is 4.99 Å². The molecule has 2 aromatic carbocycles. The second kappa shape index (κ2) is 10.3. The normalized spacial score (nSPS) is 14.7. The minimum Gasteiger partial charge on any atom is -0.506 e. The molecule has 140 valence electrons. The van der Waals surface area contributed by atoms with Crippen LogP contribution in [0.5, 0.6) is 5.75 Å². The molecule has 6 heteroatoms. The summed E-state index contributed by atoms with van der Waals surface area (Å²) in [5.74, 6) is 1.31. The molecule has 26 heavy (non-hydrogen) atoms. The fourth-order valence-electron chi connectivity index (χ4n) is 3.07. The standard InChI is InChI=1S/C20H26N4O.HI/c1-2-21-20(22-16-17-8-4-3-5-9-17)24-14-12-23(13-15-24)18-10-6-7-11-19(18)25;/h3-11,25H,2,12-16H2,1H3,(H,21,22);1H. The fraction of sp³-hybridized carbons (Fsp3) is 0.350. The van der Waals surface area contributed by atoms with E-state index in [0.29, 0.717) is 12.3 Å². The lowest BCUT2D eigenvalue weighted by atomic mass is 10.2. The lowest BCUT2D eigenvalue weighted by molar-refractivity contribution is 0.369. The van der Waals surface area contributed by atoms with Crippen LogP contribution in [0.2, 0.25) is 0 Å². The Morgan fingerprint density at radius 2 is 1.65 bits per heavy atom. The Bertz CT molecular complexity index is 700. The molecule has 1 fully saturated rings. The van der Waals surface area contributed by atoms with Crippen LogP contribution in [0, 0.1) is 0 Å². The molecular formula is C20H27IN4O. The first kappa shape index (κ1) is 20.4. The molecule has 0 atom stereocenters. The molecule has 1 saturated heterocycles. The zero-order chi connectivity index (χ0) is 17.5. The van der Waals surface area contributed by atoms with Gasteiger partial charge in [0.15, 0.2) is 5.96 Å². The van der Waals surface area contributed by atoms with Crippen LogP contribution in [0.4, 0.5) is 5.69 Å². The third-order valence-corrected chi connectivity index (χ3v) is 4.39. The molecule has 0 unspecified atom stereocenters. The van der Waals surface area contributed by atoms with E-state index in [1.54, 1.807) is 6.07 Å². The highest BCUT2D eigenvalue weighted by Gasteiger charge is 2.21. The van der Waals surface area contributed by atoms with Crippen LogP contribution in [0.25, 0.3) is 0 Å². The minimum atomic E-state index is 0. The van der Waals surface area contributed by atoms with Crippen molar-refractivity contribution in [1.29, 1.82) is 0 Å². The van der Waals surface area contributed by atoms with Crippen LogP contribution < -0.4 is 10.2 Å². The Morgan fingerprint density at radius 1 is 1.00 bits per heavy atom. The number of phenolic OH excluding ortho intramolecular Hbond substituents is 1. The zero-order valence-corrected chi connectivity index (χ0v) is 17.5. The summed E-state index contributed by atoms with van der Waals surface area (Å²) in [4.78, 5) is 9.31. The third-order valence-electron chi connectivity index (χ3n) is 4.39. The second-order valence-electron chi connectivity index (χ2n) is 6.12. The number of hydrogen-bond donors (Lipinski definition) is 2. The van der Waals surface area contributed by atoms with E-state index < -0.39 is 0 Å². The Morgan fingerprint density at radius 3 is 2.31 bits per heavy atom. The van der Waals surface area contributed by atoms with Gasteiger partial charge in [0.25, 0.3) is 0 Å². The molecule has 0 radical (unpaired) electrons. The van der Waals surface area contributed by atoms with Gasteiger partial charge in [0.05, 0.1) is 12.2 Å². The van der Waals surface area contributed by atoms with Crippen LogP contribution in [-0.4, -0.2) is 48.7 Å². The van der Waals surface area contributed by atoms with Crippen molar-refractivity contribution in [1.82, 2.24) is 10.2 Å². The number of nitrogens with zero attached hydrogens (tertiary/aromatic N) is 3. The van der Waals surface area contributed by atoms with Gasteiger partial charge in [-0.15, -0.1) is 24.0 Å². The van der Waals surface area contributed by atoms with E-state index in [9.17, 15) is 5.11 Å². The molecule has 5 nitrogen and oxygen atoms in total. The number of rotatable bonds is 4. The molecule has 0 aromatic heterocycles. The monoisotopic (exact) mass is 466 g/mol. The number of hydrogen-bond acceptors (Lipinski definition) is 3. The molecule has 0 amide bonds. The van der Waals surface area contributed by atoms with Gasteiger partial charge in [-0.05, 0) is 24.6 Å². The van der Waals surface area contributed by atoms with Crippen LogP contribution in [0.1, 0.15) is 12.5 Å². The summed E-state index contributed by atoms with van der Waals surface area (Å²) in [5, 5.41) is 13.4. The number of guanidine groups is 1. The number of aromatic hydroxyl groups is 1. The molecule has 1 heterocycles. The third kappa shape index (κ3) is 5.27. The highest BCUT2D eigenvalue weighted by molar-refractivity contribution is 14.0. The number of halogens is 1. The van der Waals surface area contributed by atoms with Crippen molar-refractivity contribution in [2.24, 2.45) is 4.99 Å². The second-order valence-corrected chi connectivity index (χ2v) is 6.12. The zero-order valence-electron chi connectivity index (χ0n) is 15.1. The lowest BCUT2D eigenvalue weighted by Gasteiger charge is -2.37. The quantitative estimate of drug-likeness (QED) is 0.413. The molecule has 0 bridgehead atoms. The topological polar surface area (TPSA) is 51.1 Å². The van der Waals surface area contributed by atoms with Gasteiger partial charge in [-0.3, -0.25) is 0 Å². The van der Waals surface area contributed by atoms with Crippen molar-refractivity contribution in [3.63, 3.8) is 0 Å². The molecule has 1 aliphatic heterocycles. The number of phenols is 1. The van der Waals surface area contributed by atoms with Crippen molar-refractivity contribution >= 4 is 35.6 Å². The summed E-state index contributed by atoms with van der Waals surface area (Å²) in [6.45, 7) is 7.14. The maximum absolute atomic E-state index is 10.0. The first-order chi connectivity index (χ1) is 12.3. The largest absolute Gasteiger partial charge is 0.506 e. The first-order valence-electron chi connectivity index (χ1n) is 8.88. The highest BCUT2D eigenvalue weighted by atomic mass is 127. The smallest absolute Gasteiger partial charge is 0.194 e. The number of anilines is 1. The molecular weight excluding hydrogens is 439 g/mol. The van der Waals surface area contributed by atoms with Gasteiger partial charge in [-0.2, -0.15) is 0 Å². The van der Waals surface area contributed by atoms with Gasteiger partial charge < -0.3 is 20.2 Å². The van der Waals surface area contributed by atoms with Gasteiger partial charge >= 0.3 is 0 Å². The van der Waals surface area contributed by atoms with Crippen molar-refractivity contribution in [3.8, 4) is 5.75 Å². The highest BCUT2D eigenvalue weighted by Crippen LogP contribution is 2.27. The first-order valence-corrected chi connectivity index (χ1v) is 8.88. The van der Waals surface area contributed by atoms with Crippen molar-refractivity contribution in [3.05, 3.63) is 60.2 Å². The van der Waals surface area contributed by atoms with Gasteiger partial charge in [0.2, 0.25) is 0 Å². The maximum atomic E-state index is 10.0. The van der Waals surface area contributed by atoms with Crippen LogP contribution in [0.3, 0.4) is 0 Å². The number of nitrogens with one attached hydrogen (secondary N) is 1. The number of para-hydroxylation sites is 2. The summed E-state index contributed by atoms with van der Waals surface area (Å²) in [7, 11) is 0. The van der Waals surface area contributed by atoms with Gasteiger partial charge in [0.1, 0.15) is 5.75 Å². The SMILES string of the molecule is CCNC(=NCc1ccccc1)N1CCN(c2ccccc2O)CC1.I. The van der Waals surface area contributed by atoms with E-state index in [0.717, 1.165) is 44.4 Å². The van der Waals surface area contributed by atoms with Crippen LogP contribution in [-0.2, 0) is 6.54 Å². The number of piperazine rings is 1. The summed E-state index contributed by atoms with van der Waals surface area (Å²) in [6, 6.07) is 17.9. The molecule has 2 N–H and O–H groups in total. The average molecular weight is 466 g/mol. The molecule has 0 aliphatic carbocycles. The van der Waals surface area contributed by atoms with Crippen molar-refractivity contribution in [2.75, 3.05) is 37.6 Å². The maximum Gasteiger partial charge on any atom is 0.194 e. The average Bonchev–Trinajstić information content (AvgIpc) is 2.67. The molecule has 0 saturated carbocycles. The number of aliphatic imine (C=N–C) groups is 1. The summed E-state index contributed by atoms with van der Waals surface area (Å²) in [6.07, 6.45) is 0. The van der Waals surface area contributed by atoms with E-state index in [2.05, 4.69) is 34.2 Å². The Labute approximate surface area is 172 Å². The van der Waals surface area contributed by atoms with E-state index in [4.69, 9.17) is 4.99 Å². The Hall–Kier alpha value is -1.96. The molecule has 3 rings (SSSR count). The summed E-state index contributed by atoms with van der Waals surface area (Å²) >= 11 is 0.